The number of amidine groups is 1. The van der Waals surface area contributed by atoms with Gasteiger partial charge in [0.1, 0.15) is 17.0 Å². The molecule has 72 heavy (non-hydrogen) atoms. The van der Waals surface area contributed by atoms with Crippen LogP contribution in [0.4, 0.5) is 0 Å². The zero-order valence-corrected chi connectivity index (χ0v) is 40.4. The number of benzene rings is 9. The maximum atomic E-state index is 6.43. The largest absolute Gasteiger partial charge is 0.456 e. The zero-order chi connectivity index (χ0) is 48.5. The summed E-state index contributed by atoms with van der Waals surface area (Å²) >= 11 is 0. The van der Waals surface area contributed by atoms with Crippen molar-refractivity contribution in [1.29, 1.82) is 0 Å². The molecule has 2 N–H and O–H groups in total. The van der Waals surface area contributed by atoms with Gasteiger partial charge >= 0.3 is 0 Å². The molecule has 2 aliphatic rings. The molecule has 0 unspecified atom stereocenters. The molecular formula is C67H52N4O. The Morgan fingerprint density at radius 3 is 1.89 bits per heavy atom. The molecule has 2 aliphatic carbocycles. The van der Waals surface area contributed by atoms with Gasteiger partial charge in [0.2, 0.25) is 0 Å². The summed E-state index contributed by atoms with van der Waals surface area (Å²) in [5, 5.41) is 7.22. The van der Waals surface area contributed by atoms with Gasteiger partial charge in [-0.05, 0) is 137 Å². The Bertz CT molecular complexity index is 4220. The molecule has 0 fully saturated rings. The maximum absolute atomic E-state index is 6.43. The van der Waals surface area contributed by atoms with E-state index in [-0.39, 0.29) is 5.41 Å². The first-order chi connectivity index (χ1) is 35.3. The molecule has 0 saturated carbocycles. The van der Waals surface area contributed by atoms with Crippen LogP contribution in [0.3, 0.4) is 0 Å². The van der Waals surface area contributed by atoms with Crippen molar-refractivity contribution in [3.8, 4) is 33.6 Å². The van der Waals surface area contributed by atoms with E-state index < -0.39 is 0 Å². The average molecular weight is 929 g/mol. The highest BCUT2D eigenvalue weighted by Gasteiger charge is 2.36. The minimum atomic E-state index is -0.0835. The number of aliphatic imine (C=N–C) groups is 1. The first-order valence-electron chi connectivity index (χ1n) is 25.0. The van der Waals surface area contributed by atoms with Crippen LogP contribution in [0, 0.1) is 0 Å². The number of nitrogens with two attached hydrogens (primary N) is 1. The molecule has 5 heteroatoms. The molecular weight excluding hydrogens is 877 g/mol. The fraction of sp³-hybridized carbons (Fsp3) is 0.0896. The van der Waals surface area contributed by atoms with E-state index in [2.05, 4.69) is 204 Å². The predicted octanol–water partition coefficient (Wildman–Crippen LogP) is 17.1. The van der Waals surface area contributed by atoms with E-state index in [0.717, 1.165) is 63.7 Å². The van der Waals surface area contributed by atoms with Crippen molar-refractivity contribution in [1.82, 2.24) is 9.13 Å². The average Bonchev–Trinajstić information content (AvgIpc) is 4.12. The van der Waals surface area contributed by atoms with Gasteiger partial charge in [0.25, 0.3) is 0 Å². The van der Waals surface area contributed by atoms with E-state index in [0.29, 0.717) is 5.84 Å². The van der Waals surface area contributed by atoms with Crippen molar-refractivity contribution in [2.75, 3.05) is 0 Å². The van der Waals surface area contributed by atoms with E-state index in [1.165, 1.54) is 82.7 Å². The molecule has 0 aliphatic heterocycles. The van der Waals surface area contributed by atoms with Gasteiger partial charge in [0.05, 0.1) is 27.8 Å². The van der Waals surface area contributed by atoms with Crippen LogP contribution in [-0.2, 0) is 11.8 Å². The van der Waals surface area contributed by atoms with Gasteiger partial charge in [-0.3, -0.25) is 0 Å². The van der Waals surface area contributed by atoms with E-state index in [1.807, 2.05) is 48.6 Å². The normalized spacial score (nSPS) is 14.0. The van der Waals surface area contributed by atoms with E-state index >= 15 is 0 Å². The van der Waals surface area contributed by atoms with Gasteiger partial charge < -0.3 is 19.3 Å². The molecule has 5 nitrogen and oxygen atoms in total. The molecule has 3 aromatic heterocycles. The topological polar surface area (TPSA) is 61.4 Å². The second-order valence-electron chi connectivity index (χ2n) is 19.7. The van der Waals surface area contributed by atoms with E-state index in [9.17, 15) is 0 Å². The second-order valence-corrected chi connectivity index (χ2v) is 19.7. The second kappa shape index (κ2) is 17.2. The lowest BCUT2D eigenvalue weighted by atomic mass is 9.82. The summed E-state index contributed by atoms with van der Waals surface area (Å²) in [5.41, 5.74) is 25.7. The Labute approximate surface area is 418 Å². The molecule has 14 rings (SSSR count). The summed E-state index contributed by atoms with van der Waals surface area (Å²) in [7, 11) is 0. The number of aromatic nitrogens is 2. The first kappa shape index (κ1) is 43.1. The van der Waals surface area contributed by atoms with Gasteiger partial charge in [-0.15, -0.1) is 6.58 Å². The summed E-state index contributed by atoms with van der Waals surface area (Å²) in [6.45, 7) is 8.67. The Morgan fingerprint density at radius 1 is 0.556 bits per heavy atom. The Kier molecular flexibility index (Phi) is 10.3. The van der Waals surface area contributed by atoms with Crippen molar-refractivity contribution >= 4 is 71.4 Å². The van der Waals surface area contributed by atoms with Crippen LogP contribution in [0.1, 0.15) is 48.9 Å². The highest BCUT2D eigenvalue weighted by atomic mass is 16.3. The van der Waals surface area contributed by atoms with Gasteiger partial charge in [0.15, 0.2) is 0 Å². The molecule has 0 spiro atoms. The van der Waals surface area contributed by atoms with E-state index in [4.69, 9.17) is 10.2 Å². The van der Waals surface area contributed by atoms with Crippen LogP contribution in [0.5, 0.6) is 0 Å². The number of furan rings is 1. The van der Waals surface area contributed by atoms with Crippen LogP contribution in [0.2, 0.25) is 0 Å². The lowest BCUT2D eigenvalue weighted by molar-refractivity contribution is 0.661. The lowest BCUT2D eigenvalue weighted by Crippen LogP contribution is -2.14. The highest BCUT2D eigenvalue weighted by Crippen LogP contribution is 2.51. The minimum absolute atomic E-state index is 0.0835. The van der Waals surface area contributed by atoms with E-state index in [1.54, 1.807) is 0 Å². The standard InChI is InChI=1S/C54H38N2O.C13H14N2/c1-4-12-33-19-23-37(24-20-33)56-49-26-22-35(28-42(49)44-30-45-39-16-9-11-18-52(39)57-53(45)32-51(44)56)34-21-25-48-41(27-34)43-29-40-38-15-8-10-17-46(38)54(2,3)47(40)31-50(43)55(48)36-13-6-5-7-14-36;14-13(11-7-3-1-4-8-11)15-12-9-5-2-6-10-12/h4-11,13-32H,1,12H2,2-3H3;1,3-5,7-10H,2,6H2,(H2,14,15). The van der Waals surface area contributed by atoms with Gasteiger partial charge in [-0.1, -0.05) is 147 Å². The van der Waals surface area contributed by atoms with Gasteiger partial charge in [0, 0.05) is 60.7 Å². The SMILES string of the molecule is C=CCc1ccc(-n2c3ccc(-c4ccc5c(c4)c4cc6c(cc4n5-c4ccccc4)C(C)(C)c4ccccc4-6)cc3c3cc4c(cc32)oc2ccccc24)cc1.NC(=NC1=CCCC=C1)c1ccccc1. The van der Waals surface area contributed by atoms with Crippen LogP contribution < -0.4 is 5.73 Å². The van der Waals surface area contributed by atoms with Crippen molar-refractivity contribution in [3.63, 3.8) is 0 Å². The molecule has 0 bridgehead atoms. The summed E-state index contributed by atoms with van der Waals surface area (Å²) in [5.74, 6) is 0.577. The molecule has 12 aromatic rings. The third-order valence-corrected chi connectivity index (χ3v) is 14.9. The molecule has 0 atom stereocenters. The maximum Gasteiger partial charge on any atom is 0.137 e. The number of hydrogen-bond donors (Lipinski definition) is 1. The fourth-order valence-electron chi connectivity index (χ4n) is 11.4. The monoisotopic (exact) mass is 928 g/mol. The summed E-state index contributed by atoms with van der Waals surface area (Å²) < 4.78 is 11.3. The molecule has 0 radical (unpaired) electrons. The number of fused-ring (bicyclic) bond motifs is 12. The summed E-state index contributed by atoms with van der Waals surface area (Å²) in [6, 6.07) is 70.3. The summed E-state index contributed by atoms with van der Waals surface area (Å²) in [4.78, 5) is 4.37. The Hall–Kier alpha value is -8.93. The molecule has 3 heterocycles. The molecule has 0 amide bonds. The van der Waals surface area contributed by atoms with Crippen molar-refractivity contribution in [2.45, 2.75) is 38.5 Å². The van der Waals surface area contributed by atoms with Crippen molar-refractivity contribution in [2.24, 2.45) is 10.7 Å². The third-order valence-electron chi connectivity index (χ3n) is 14.9. The van der Waals surface area contributed by atoms with Crippen molar-refractivity contribution < 1.29 is 4.42 Å². The molecule has 9 aromatic carbocycles. The lowest BCUT2D eigenvalue weighted by Gasteiger charge is -2.21. The number of nitrogens with zero attached hydrogens (tertiary/aromatic N) is 3. The fourth-order valence-corrected chi connectivity index (χ4v) is 11.4. The van der Waals surface area contributed by atoms with Gasteiger partial charge in [-0.2, -0.15) is 0 Å². The van der Waals surface area contributed by atoms with Crippen LogP contribution in [0.15, 0.2) is 240 Å². The molecule has 346 valence electrons. The van der Waals surface area contributed by atoms with Crippen LogP contribution in [-0.4, -0.2) is 15.0 Å². The smallest absolute Gasteiger partial charge is 0.137 e. The zero-order valence-electron chi connectivity index (χ0n) is 40.4. The van der Waals surface area contributed by atoms with Gasteiger partial charge in [-0.25, -0.2) is 4.99 Å². The highest BCUT2D eigenvalue weighted by molar-refractivity contribution is 6.18. The van der Waals surface area contributed by atoms with Crippen molar-refractivity contribution in [3.05, 3.63) is 253 Å². The first-order valence-corrected chi connectivity index (χ1v) is 25.0. The predicted molar refractivity (Wildman–Crippen MR) is 303 cm³/mol. The number of para-hydroxylation sites is 2. The number of rotatable bonds is 7. The Morgan fingerprint density at radius 2 is 1.18 bits per heavy atom. The number of allylic oxidation sites excluding steroid dienone is 4. The Balaban J connectivity index is 0.000000289. The van der Waals surface area contributed by atoms with Crippen LogP contribution >= 0.6 is 0 Å². The minimum Gasteiger partial charge on any atom is -0.456 e. The number of hydrogen-bond acceptors (Lipinski definition) is 2. The quantitative estimate of drug-likeness (QED) is 0.0983. The third kappa shape index (κ3) is 7.11. The molecule has 0 saturated heterocycles. The van der Waals surface area contributed by atoms with Crippen LogP contribution in [0.25, 0.3) is 99.2 Å². The summed E-state index contributed by atoms with van der Waals surface area (Å²) in [6.07, 6.45) is 11.2.